The molecule has 5 nitrogen and oxygen atoms in total. The molecule has 1 rings (SSSR count). The van der Waals surface area contributed by atoms with E-state index in [4.69, 9.17) is 0 Å². The minimum Gasteiger partial charge on any atom is -0.464 e. The van der Waals surface area contributed by atoms with Crippen molar-refractivity contribution in [2.45, 2.75) is 0 Å². The summed E-state index contributed by atoms with van der Waals surface area (Å²) in [4.78, 5) is 14.9. The van der Waals surface area contributed by atoms with Gasteiger partial charge in [0.25, 0.3) is 0 Å². The second-order valence-corrected chi connectivity index (χ2v) is 2.17. The fourth-order valence-corrected chi connectivity index (χ4v) is 0.841. The zero-order chi connectivity index (χ0) is 9.84. The molecule has 0 spiro atoms. The number of hydrogen-bond acceptors (Lipinski definition) is 4. The van der Waals surface area contributed by atoms with E-state index in [1.54, 1.807) is 0 Å². The van der Waals surface area contributed by atoms with Crippen molar-refractivity contribution in [2.24, 2.45) is 5.10 Å². The minimum atomic E-state index is -0.509. The lowest BCUT2D eigenvalue weighted by atomic mass is 10.5. The van der Waals surface area contributed by atoms with Crippen molar-refractivity contribution in [2.75, 3.05) is 7.11 Å². The topological polar surface area (TPSA) is 56.5 Å². The van der Waals surface area contributed by atoms with E-state index in [0.717, 1.165) is 0 Å². The number of carbonyl (C=O) groups excluding carboxylic acids is 1. The second kappa shape index (κ2) is 3.66. The summed E-state index contributed by atoms with van der Waals surface area (Å²) < 4.78 is 5.83. The van der Waals surface area contributed by atoms with Gasteiger partial charge in [0, 0.05) is 6.72 Å². The Bertz CT molecular complexity index is 329. The summed E-state index contributed by atoms with van der Waals surface area (Å²) in [7, 11) is 1.29. The highest BCUT2D eigenvalue weighted by Crippen LogP contribution is 2.05. The van der Waals surface area contributed by atoms with Crippen molar-refractivity contribution in [1.82, 2.24) is 9.66 Å². The van der Waals surface area contributed by atoms with Gasteiger partial charge >= 0.3 is 5.97 Å². The van der Waals surface area contributed by atoms with Crippen LogP contribution in [-0.2, 0) is 4.74 Å². The molecule has 1 heterocycles. The molecule has 0 atom stereocenters. The summed E-state index contributed by atoms with van der Waals surface area (Å²) >= 11 is 0. The maximum atomic E-state index is 11.0. The minimum absolute atomic E-state index is 0.185. The number of rotatable bonds is 3. The second-order valence-electron chi connectivity index (χ2n) is 2.17. The monoisotopic (exact) mass is 179 g/mol. The third kappa shape index (κ3) is 1.64. The Morgan fingerprint density at radius 1 is 1.85 bits per heavy atom. The molecule has 0 unspecified atom stereocenters. The Morgan fingerprint density at radius 3 is 2.92 bits per heavy atom. The molecule has 0 N–H and O–H groups in total. The first-order valence-electron chi connectivity index (χ1n) is 3.50. The van der Waals surface area contributed by atoms with Crippen LogP contribution in [0, 0.1) is 0 Å². The smallest absolute Gasteiger partial charge is 0.358 e. The average Bonchev–Trinajstić information content (AvgIpc) is 2.59. The molecule has 0 amide bonds. The Balaban J connectivity index is 3.13. The third-order valence-corrected chi connectivity index (χ3v) is 1.44. The molecular formula is C8H9N3O2. The van der Waals surface area contributed by atoms with Gasteiger partial charge < -0.3 is 4.74 Å². The van der Waals surface area contributed by atoms with Gasteiger partial charge in [-0.1, -0.05) is 6.58 Å². The van der Waals surface area contributed by atoms with Crippen molar-refractivity contribution in [1.29, 1.82) is 0 Å². The maximum absolute atomic E-state index is 11.0. The number of nitrogens with zero attached hydrogens (tertiary/aromatic N) is 3. The summed E-state index contributed by atoms with van der Waals surface area (Å²) in [6.45, 7) is 6.83. The largest absolute Gasteiger partial charge is 0.464 e. The van der Waals surface area contributed by atoms with E-state index in [1.165, 1.54) is 24.1 Å². The van der Waals surface area contributed by atoms with Crippen LogP contribution in [0.3, 0.4) is 0 Å². The molecule has 0 aliphatic rings. The van der Waals surface area contributed by atoms with Crippen LogP contribution in [0.2, 0.25) is 0 Å². The first kappa shape index (κ1) is 9.18. The quantitative estimate of drug-likeness (QED) is 0.508. The van der Waals surface area contributed by atoms with Crippen LogP contribution in [0.15, 0.2) is 17.9 Å². The Hall–Kier alpha value is -1.91. The number of carbonyl (C=O) groups is 1. The van der Waals surface area contributed by atoms with Crippen molar-refractivity contribution >= 4 is 18.8 Å². The first-order chi connectivity index (χ1) is 6.22. The van der Waals surface area contributed by atoms with Crippen molar-refractivity contribution < 1.29 is 9.53 Å². The standard InChI is InChI=1S/C8H9N3O2/c1-4-7-10-6(8(12)13-3)5-11(7)9-2/h4-5H,1-2H2,3H3. The van der Waals surface area contributed by atoms with Gasteiger partial charge in [-0.15, -0.1) is 0 Å². The van der Waals surface area contributed by atoms with Gasteiger partial charge in [-0.05, 0) is 6.08 Å². The highest BCUT2D eigenvalue weighted by molar-refractivity contribution is 5.87. The predicted molar refractivity (Wildman–Crippen MR) is 48.6 cm³/mol. The Morgan fingerprint density at radius 2 is 2.54 bits per heavy atom. The third-order valence-electron chi connectivity index (χ3n) is 1.44. The number of methoxy groups -OCH3 is 1. The predicted octanol–water partition coefficient (Wildman–Crippen LogP) is 0.776. The highest BCUT2D eigenvalue weighted by Gasteiger charge is 2.11. The molecule has 68 valence electrons. The lowest BCUT2D eigenvalue weighted by molar-refractivity contribution is 0.0594. The molecule has 0 aromatic carbocycles. The van der Waals surface area contributed by atoms with E-state index in [0.29, 0.717) is 5.82 Å². The van der Waals surface area contributed by atoms with Crippen molar-refractivity contribution in [3.8, 4) is 0 Å². The molecule has 0 aliphatic carbocycles. The van der Waals surface area contributed by atoms with Gasteiger partial charge in [-0.25, -0.2) is 14.5 Å². The lowest BCUT2D eigenvalue weighted by Crippen LogP contribution is -2.00. The molecule has 1 aromatic rings. The molecule has 0 radical (unpaired) electrons. The molecule has 5 heteroatoms. The number of ether oxygens (including phenoxy) is 1. The zero-order valence-electron chi connectivity index (χ0n) is 7.23. The van der Waals surface area contributed by atoms with Crippen molar-refractivity contribution in [3.63, 3.8) is 0 Å². The molecule has 0 fully saturated rings. The Kier molecular flexibility index (Phi) is 2.59. The number of aromatic nitrogens is 2. The summed E-state index contributed by atoms with van der Waals surface area (Å²) in [5, 5.41) is 3.60. The summed E-state index contributed by atoms with van der Waals surface area (Å²) in [6.07, 6.45) is 2.90. The van der Waals surface area contributed by atoms with Gasteiger partial charge in [-0.2, -0.15) is 5.10 Å². The molecule has 0 saturated carbocycles. The molecule has 0 saturated heterocycles. The average molecular weight is 179 g/mol. The van der Waals surface area contributed by atoms with Gasteiger partial charge in [-0.3, -0.25) is 0 Å². The van der Waals surface area contributed by atoms with Crippen LogP contribution in [0.1, 0.15) is 16.3 Å². The van der Waals surface area contributed by atoms with Crippen LogP contribution >= 0.6 is 0 Å². The summed E-state index contributed by atoms with van der Waals surface area (Å²) in [5.74, 6) is -0.0547. The van der Waals surface area contributed by atoms with Gasteiger partial charge in [0.15, 0.2) is 11.5 Å². The van der Waals surface area contributed by atoms with Gasteiger partial charge in [0.05, 0.1) is 13.3 Å². The van der Waals surface area contributed by atoms with Crippen molar-refractivity contribution in [3.05, 3.63) is 24.3 Å². The summed E-state index contributed by atoms with van der Waals surface area (Å²) in [5.41, 5.74) is 0.185. The van der Waals surface area contributed by atoms with Gasteiger partial charge in [0.2, 0.25) is 0 Å². The Labute approximate surface area is 75.3 Å². The van der Waals surface area contributed by atoms with Crippen LogP contribution in [0.5, 0.6) is 0 Å². The van der Waals surface area contributed by atoms with E-state index in [1.807, 2.05) is 0 Å². The molecule has 0 bridgehead atoms. The molecule has 13 heavy (non-hydrogen) atoms. The number of esters is 1. The van der Waals surface area contributed by atoms with E-state index in [9.17, 15) is 4.79 Å². The molecular weight excluding hydrogens is 170 g/mol. The van der Waals surface area contributed by atoms with Crippen LogP contribution in [-0.4, -0.2) is 29.5 Å². The first-order valence-corrected chi connectivity index (χ1v) is 3.50. The fourth-order valence-electron chi connectivity index (χ4n) is 0.841. The van der Waals surface area contributed by atoms with Gasteiger partial charge in [0.1, 0.15) is 0 Å². The molecule has 0 aliphatic heterocycles. The highest BCUT2D eigenvalue weighted by atomic mass is 16.5. The fraction of sp³-hybridized carbons (Fsp3) is 0.125. The zero-order valence-corrected chi connectivity index (χ0v) is 7.23. The maximum Gasteiger partial charge on any atom is 0.358 e. The SMILES string of the molecule is C=Cc1nc(C(=O)OC)cn1N=C. The number of hydrogen-bond donors (Lipinski definition) is 0. The van der Waals surface area contributed by atoms with Crippen LogP contribution in [0.4, 0.5) is 0 Å². The van der Waals surface area contributed by atoms with E-state index in [2.05, 4.69) is 28.1 Å². The van der Waals surface area contributed by atoms with E-state index >= 15 is 0 Å². The molecule has 1 aromatic heterocycles. The summed E-state index contributed by atoms with van der Waals surface area (Å²) in [6, 6.07) is 0. The van der Waals surface area contributed by atoms with E-state index < -0.39 is 5.97 Å². The lowest BCUT2D eigenvalue weighted by Gasteiger charge is -1.90. The number of imidazole rings is 1. The normalized spacial score (nSPS) is 9.31. The van der Waals surface area contributed by atoms with Crippen LogP contribution in [0.25, 0.3) is 6.08 Å². The van der Waals surface area contributed by atoms with E-state index in [-0.39, 0.29) is 5.69 Å². The van der Waals surface area contributed by atoms with Crippen LogP contribution < -0.4 is 0 Å².